The van der Waals surface area contributed by atoms with E-state index < -0.39 is 23.6 Å². The van der Waals surface area contributed by atoms with E-state index in [4.69, 9.17) is 5.73 Å². The number of pyridine rings is 1. The second-order valence-electron chi connectivity index (χ2n) is 2.35. The Hall–Kier alpha value is -0.560. The molecule has 7 heteroatoms. The van der Waals surface area contributed by atoms with Gasteiger partial charge >= 0.3 is 0 Å². The van der Waals surface area contributed by atoms with E-state index in [9.17, 15) is 13.6 Å². The lowest BCUT2D eigenvalue weighted by molar-refractivity contribution is 0.0979. The van der Waals surface area contributed by atoms with E-state index in [-0.39, 0.29) is 9.08 Å². The number of amides is 1. The van der Waals surface area contributed by atoms with Crippen molar-refractivity contribution in [1.29, 1.82) is 0 Å². The highest BCUT2D eigenvalue weighted by Crippen LogP contribution is 2.31. The number of primary amides is 1. The van der Waals surface area contributed by atoms with Gasteiger partial charge in [0, 0.05) is 4.47 Å². The third kappa shape index (κ3) is 2.27. The maximum absolute atomic E-state index is 12.5. The predicted molar refractivity (Wildman–Crippen MR) is 53.1 cm³/mol. The van der Waals surface area contributed by atoms with Crippen molar-refractivity contribution in [2.24, 2.45) is 5.73 Å². The summed E-state index contributed by atoms with van der Waals surface area (Å²) in [5.74, 6) is -0.984. The average molecular weight is 330 g/mol. The third-order valence-corrected chi connectivity index (χ3v) is 2.49. The standard InChI is InChI=1S/C7H4Br2F2N2O/c8-2-1-3(9)13-5(7(12)14)4(2)6(10)11/h1,6H,(H2,12,14). The molecule has 1 aromatic heterocycles. The van der Waals surface area contributed by atoms with Crippen LogP contribution in [0.3, 0.4) is 0 Å². The first-order chi connectivity index (χ1) is 6.43. The van der Waals surface area contributed by atoms with Gasteiger partial charge in [-0.05, 0) is 22.0 Å². The normalized spacial score (nSPS) is 10.6. The number of nitrogens with two attached hydrogens (primary N) is 1. The van der Waals surface area contributed by atoms with Crippen LogP contribution in [0.1, 0.15) is 22.5 Å². The number of nitrogens with zero attached hydrogens (tertiary/aromatic N) is 1. The topological polar surface area (TPSA) is 56.0 Å². The van der Waals surface area contributed by atoms with Gasteiger partial charge in [0.1, 0.15) is 10.3 Å². The first kappa shape index (κ1) is 11.5. The molecule has 1 amide bonds. The van der Waals surface area contributed by atoms with Crippen molar-refractivity contribution in [2.75, 3.05) is 0 Å². The van der Waals surface area contributed by atoms with E-state index in [0.717, 1.165) is 0 Å². The summed E-state index contributed by atoms with van der Waals surface area (Å²) in [7, 11) is 0. The van der Waals surface area contributed by atoms with Crippen LogP contribution in [0, 0.1) is 0 Å². The summed E-state index contributed by atoms with van der Waals surface area (Å²) >= 11 is 5.88. The smallest absolute Gasteiger partial charge is 0.267 e. The summed E-state index contributed by atoms with van der Waals surface area (Å²) in [6.45, 7) is 0. The van der Waals surface area contributed by atoms with Gasteiger partial charge in [-0.3, -0.25) is 4.79 Å². The van der Waals surface area contributed by atoms with Gasteiger partial charge in [-0.2, -0.15) is 0 Å². The minimum Gasteiger partial charge on any atom is -0.364 e. The van der Waals surface area contributed by atoms with Crippen LogP contribution >= 0.6 is 31.9 Å². The predicted octanol–water partition coefficient (Wildman–Crippen LogP) is 2.64. The Morgan fingerprint density at radius 1 is 1.50 bits per heavy atom. The Balaban J connectivity index is 3.44. The molecule has 0 fully saturated rings. The SMILES string of the molecule is NC(=O)c1nc(Br)cc(Br)c1C(F)F. The molecule has 0 bridgehead atoms. The van der Waals surface area contributed by atoms with Crippen LogP contribution in [0.15, 0.2) is 15.1 Å². The average Bonchev–Trinajstić information content (AvgIpc) is 2.01. The number of alkyl halides is 2. The molecule has 1 rings (SSSR count). The van der Waals surface area contributed by atoms with E-state index in [1.807, 2.05) is 0 Å². The zero-order valence-electron chi connectivity index (χ0n) is 6.60. The van der Waals surface area contributed by atoms with Crippen molar-refractivity contribution in [2.45, 2.75) is 6.43 Å². The van der Waals surface area contributed by atoms with Crippen molar-refractivity contribution in [3.63, 3.8) is 0 Å². The maximum atomic E-state index is 12.5. The van der Waals surface area contributed by atoms with Crippen molar-refractivity contribution >= 4 is 37.8 Å². The molecule has 0 aromatic carbocycles. The second-order valence-corrected chi connectivity index (χ2v) is 4.02. The Kier molecular flexibility index (Phi) is 3.54. The Morgan fingerprint density at radius 3 is 2.50 bits per heavy atom. The van der Waals surface area contributed by atoms with Gasteiger partial charge in [0.2, 0.25) is 0 Å². The van der Waals surface area contributed by atoms with Crippen LogP contribution in [0.25, 0.3) is 0 Å². The third-order valence-electron chi connectivity index (χ3n) is 1.43. The fourth-order valence-electron chi connectivity index (χ4n) is 0.890. The van der Waals surface area contributed by atoms with Crippen LogP contribution in [0.5, 0.6) is 0 Å². The second kappa shape index (κ2) is 4.31. The van der Waals surface area contributed by atoms with E-state index >= 15 is 0 Å². The van der Waals surface area contributed by atoms with Gasteiger partial charge in [0.05, 0.1) is 5.56 Å². The van der Waals surface area contributed by atoms with Crippen molar-refractivity contribution in [3.05, 3.63) is 26.4 Å². The monoisotopic (exact) mass is 328 g/mol. The Morgan fingerprint density at radius 2 is 2.07 bits per heavy atom. The highest BCUT2D eigenvalue weighted by molar-refractivity contribution is 9.11. The first-order valence-electron chi connectivity index (χ1n) is 3.37. The molecule has 0 radical (unpaired) electrons. The Bertz CT molecular complexity index is 384. The van der Waals surface area contributed by atoms with Crippen LogP contribution < -0.4 is 5.73 Å². The number of halogens is 4. The zero-order valence-corrected chi connectivity index (χ0v) is 9.77. The number of carbonyl (C=O) groups is 1. The molecule has 0 saturated heterocycles. The molecule has 0 spiro atoms. The highest BCUT2D eigenvalue weighted by atomic mass is 79.9. The highest BCUT2D eigenvalue weighted by Gasteiger charge is 2.22. The molecular formula is C7H4Br2F2N2O. The molecule has 76 valence electrons. The molecule has 0 aliphatic rings. The lowest BCUT2D eigenvalue weighted by atomic mass is 10.2. The first-order valence-corrected chi connectivity index (χ1v) is 4.96. The van der Waals surface area contributed by atoms with Gasteiger partial charge in [0.15, 0.2) is 0 Å². The van der Waals surface area contributed by atoms with E-state index in [0.29, 0.717) is 0 Å². The number of aromatic nitrogens is 1. The largest absolute Gasteiger partial charge is 0.364 e. The summed E-state index contributed by atoms with van der Waals surface area (Å²) in [5, 5.41) is 0. The number of hydrogen-bond donors (Lipinski definition) is 1. The van der Waals surface area contributed by atoms with Crippen molar-refractivity contribution in [3.8, 4) is 0 Å². The van der Waals surface area contributed by atoms with E-state index in [2.05, 4.69) is 36.8 Å². The molecule has 0 unspecified atom stereocenters. The summed E-state index contributed by atoms with van der Waals surface area (Å²) in [5.41, 5.74) is 4.00. The molecule has 0 saturated carbocycles. The number of carbonyl (C=O) groups excluding carboxylic acids is 1. The summed E-state index contributed by atoms with van der Waals surface area (Å²) < 4.78 is 25.3. The minimum absolute atomic E-state index is 0.100. The maximum Gasteiger partial charge on any atom is 0.267 e. The lowest BCUT2D eigenvalue weighted by Crippen LogP contribution is -2.16. The minimum atomic E-state index is -2.80. The van der Waals surface area contributed by atoms with Crippen LogP contribution in [0.2, 0.25) is 0 Å². The molecule has 0 aliphatic carbocycles. The van der Waals surface area contributed by atoms with Crippen LogP contribution in [-0.4, -0.2) is 10.9 Å². The fourth-order valence-corrected chi connectivity index (χ4v) is 2.18. The molecule has 14 heavy (non-hydrogen) atoms. The molecule has 3 nitrogen and oxygen atoms in total. The molecule has 0 aliphatic heterocycles. The molecular weight excluding hydrogens is 326 g/mol. The van der Waals surface area contributed by atoms with Gasteiger partial charge in [-0.15, -0.1) is 0 Å². The van der Waals surface area contributed by atoms with Gasteiger partial charge in [0.25, 0.3) is 12.3 Å². The van der Waals surface area contributed by atoms with Crippen LogP contribution in [-0.2, 0) is 0 Å². The molecule has 2 N–H and O–H groups in total. The van der Waals surface area contributed by atoms with Crippen LogP contribution in [0.4, 0.5) is 8.78 Å². The molecule has 1 aromatic rings. The van der Waals surface area contributed by atoms with Crippen molar-refractivity contribution in [1.82, 2.24) is 4.98 Å². The number of hydrogen-bond acceptors (Lipinski definition) is 2. The summed E-state index contributed by atoms with van der Waals surface area (Å²) in [6.07, 6.45) is -2.80. The van der Waals surface area contributed by atoms with E-state index in [1.54, 1.807) is 0 Å². The number of rotatable bonds is 2. The fraction of sp³-hybridized carbons (Fsp3) is 0.143. The molecule has 1 heterocycles. The van der Waals surface area contributed by atoms with Crippen molar-refractivity contribution < 1.29 is 13.6 Å². The van der Waals surface area contributed by atoms with Gasteiger partial charge in [-0.1, -0.05) is 15.9 Å². The Labute approximate surface area is 94.9 Å². The molecule has 0 atom stereocenters. The van der Waals surface area contributed by atoms with Gasteiger partial charge in [-0.25, -0.2) is 13.8 Å². The summed E-state index contributed by atoms with van der Waals surface area (Å²) in [6, 6.07) is 1.33. The lowest BCUT2D eigenvalue weighted by Gasteiger charge is -2.07. The zero-order chi connectivity index (χ0) is 10.9. The quantitative estimate of drug-likeness (QED) is 0.848. The summed E-state index contributed by atoms with van der Waals surface area (Å²) in [4.78, 5) is 14.4. The van der Waals surface area contributed by atoms with E-state index in [1.165, 1.54) is 6.07 Å². The van der Waals surface area contributed by atoms with Gasteiger partial charge < -0.3 is 5.73 Å².